The normalized spacial score (nSPS) is 19.2. The van der Waals surface area contributed by atoms with Gasteiger partial charge in [-0.15, -0.1) is 0 Å². The van der Waals surface area contributed by atoms with Crippen molar-refractivity contribution >= 4 is 11.6 Å². The predicted octanol–water partition coefficient (Wildman–Crippen LogP) is 2.63. The van der Waals surface area contributed by atoms with Crippen LogP contribution in [0.2, 0.25) is 5.02 Å². The van der Waals surface area contributed by atoms with Gasteiger partial charge in [0.25, 0.3) is 0 Å². The Morgan fingerprint density at radius 3 is 2.95 bits per heavy atom. The highest BCUT2D eigenvalue weighted by Gasteiger charge is 2.20. The van der Waals surface area contributed by atoms with Crippen molar-refractivity contribution in [2.24, 2.45) is 0 Å². The van der Waals surface area contributed by atoms with Gasteiger partial charge in [-0.25, -0.2) is 0 Å². The quantitative estimate of drug-likeness (QED) is 0.903. The molecule has 5 heteroatoms. The van der Waals surface area contributed by atoms with E-state index in [-0.39, 0.29) is 6.10 Å². The minimum absolute atomic E-state index is 0.0512. The third kappa shape index (κ3) is 3.75. The lowest BCUT2D eigenvalue weighted by Crippen LogP contribution is -2.28. The summed E-state index contributed by atoms with van der Waals surface area (Å²) in [4.78, 5) is 0. The standard InChI is InChI=1S/C14H20ClNO3/c1-16-8-10-6-12(15)14(13(7-10)17-2)19-11-4-3-5-18-9-11/h6-7,11,16H,3-5,8-9H2,1-2H3. The van der Waals surface area contributed by atoms with E-state index in [0.717, 1.165) is 31.6 Å². The number of halogens is 1. The highest BCUT2D eigenvalue weighted by Crippen LogP contribution is 2.37. The highest BCUT2D eigenvalue weighted by molar-refractivity contribution is 6.32. The lowest BCUT2D eigenvalue weighted by Gasteiger charge is -2.25. The number of nitrogens with one attached hydrogen (secondary N) is 1. The van der Waals surface area contributed by atoms with Crippen molar-refractivity contribution in [1.29, 1.82) is 0 Å². The Hall–Kier alpha value is -0.970. The summed E-state index contributed by atoms with van der Waals surface area (Å²) in [5, 5.41) is 3.67. The van der Waals surface area contributed by atoms with Crippen molar-refractivity contribution in [2.45, 2.75) is 25.5 Å². The average Bonchev–Trinajstić information content (AvgIpc) is 2.43. The van der Waals surface area contributed by atoms with Gasteiger partial charge >= 0.3 is 0 Å². The minimum atomic E-state index is 0.0512. The lowest BCUT2D eigenvalue weighted by atomic mass is 10.1. The molecule has 0 amide bonds. The van der Waals surface area contributed by atoms with Gasteiger partial charge in [-0.05, 0) is 37.6 Å². The topological polar surface area (TPSA) is 39.7 Å². The predicted molar refractivity (Wildman–Crippen MR) is 75.2 cm³/mol. The Labute approximate surface area is 119 Å². The molecule has 1 fully saturated rings. The van der Waals surface area contributed by atoms with E-state index in [1.165, 1.54) is 0 Å². The first kappa shape index (κ1) is 14.4. The second-order valence-electron chi connectivity index (χ2n) is 4.60. The molecule has 0 spiro atoms. The maximum absolute atomic E-state index is 6.29. The summed E-state index contributed by atoms with van der Waals surface area (Å²) in [6.07, 6.45) is 2.05. The van der Waals surface area contributed by atoms with Gasteiger partial charge < -0.3 is 19.5 Å². The van der Waals surface area contributed by atoms with Crippen LogP contribution in [0, 0.1) is 0 Å². The molecule has 0 radical (unpaired) electrons. The zero-order valence-corrected chi connectivity index (χ0v) is 12.1. The average molecular weight is 286 g/mol. The molecule has 1 heterocycles. The molecule has 1 atom stereocenters. The lowest BCUT2D eigenvalue weighted by molar-refractivity contribution is 0.00648. The van der Waals surface area contributed by atoms with Gasteiger partial charge in [0, 0.05) is 13.2 Å². The highest BCUT2D eigenvalue weighted by atomic mass is 35.5. The molecule has 2 rings (SSSR count). The number of hydrogen-bond donors (Lipinski definition) is 1. The van der Waals surface area contributed by atoms with Crippen LogP contribution in [0.15, 0.2) is 12.1 Å². The summed E-state index contributed by atoms with van der Waals surface area (Å²) < 4.78 is 16.7. The third-order valence-electron chi connectivity index (χ3n) is 3.07. The maximum Gasteiger partial charge on any atom is 0.180 e. The fourth-order valence-corrected chi connectivity index (χ4v) is 2.44. The summed E-state index contributed by atoms with van der Waals surface area (Å²) in [6, 6.07) is 3.85. The number of rotatable bonds is 5. The van der Waals surface area contributed by atoms with Gasteiger partial charge in [0.15, 0.2) is 11.5 Å². The fourth-order valence-electron chi connectivity index (χ4n) is 2.16. The molecule has 1 N–H and O–H groups in total. The molecular formula is C14H20ClNO3. The third-order valence-corrected chi connectivity index (χ3v) is 3.35. The first-order valence-electron chi connectivity index (χ1n) is 6.50. The molecule has 1 unspecified atom stereocenters. The number of methoxy groups -OCH3 is 1. The van der Waals surface area contributed by atoms with Gasteiger partial charge in [-0.3, -0.25) is 0 Å². The van der Waals surface area contributed by atoms with E-state index in [1.807, 2.05) is 19.2 Å². The molecule has 0 saturated carbocycles. The van der Waals surface area contributed by atoms with Crippen molar-refractivity contribution in [1.82, 2.24) is 5.32 Å². The SMILES string of the molecule is CNCc1cc(Cl)c(OC2CCCOC2)c(OC)c1. The Morgan fingerprint density at radius 1 is 1.47 bits per heavy atom. The van der Waals surface area contributed by atoms with Crippen LogP contribution in [0.25, 0.3) is 0 Å². The second kappa shape index (κ2) is 6.98. The number of ether oxygens (including phenoxy) is 3. The Bertz CT molecular complexity index is 419. The second-order valence-corrected chi connectivity index (χ2v) is 5.00. The molecule has 19 heavy (non-hydrogen) atoms. The monoisotopic (exact) mass is 285 g/mol. The van der Waals surface area contributed by atoms with Crippen LogP contribution < -0.4 is 14.8 Å². The first-order valence-corrected chi connectivity index (χ1v) is 6.87. The molecule has 0 bridgehead atoms. The van der Waals surface area contributed by atoms with E-state index in [4.69, 9.17) is 25.8 Å². The van der Waals surface area contributed by atoms with Gasteiger partial charge in [0.1, 0.15) is 6.10 Å². The van der Waals surface area contributed by atoms with Crippen molar-refractivity contribution in [3.63, 3.8) is 0 Å². The van der Waals surface area contributed by atoms with Crippen LogP contribution in [0.4, 0.5) is 0 Å². The molecule has 1 aromatic carbocycles. The molecular weight excluding hydrogens is 266 g/mol. The van der Waals surface area contributed by atoms with Gasteiger partial charge in [0.2, 0.25) is 0 Å². The maximum atomic E-state index is 6.29. The molecule has 1 saturated heterocycles. The number of benzene rings is 1. The summed E-state index contributed by atoms with van der Waals surface area (Å²) in [5.41, 5.74) is 1.07. The summed E-state index contributed by atoms with van der Waals surface area (Å²) >= 11 is 6.29. The smallest absolute Gasteiger partial charge is 0.180 e. The van der Waals surface area contributed by atoms with Crippen molar-refractivity contribution in [2.75, 3.05) is 27.4 Å². The van der Waals surface area contributed by atoms with Crippen LogP contribution in [0.5, 0.6) is 11.5 Å². The summed E-state index contributed by atoms with van der Waals surface area (Å²) in [6.45, 7) is 2.16. The van der Waals surface area contributed by atoms with Crippen LogP contribution in [0.3, 0.4) is 0 Å². The Balaban J connectivity index is 2.17. The van der Waals surface area contributed by atoms with E-state index in [1.54, 1.807) is 7.11 Å². The molecule has 0 aromatic heterocycles. The fraction of sp³-hybridized carbons (Fsp3) is 0.571. The van der Waals surface area contributed by atoms with Crippen molar-refractivity contribution in [3.05, 3.63) is 22.7 Å². The molecule has 1 aromatic rings. The first-order chi connectivity index (χ1) is 9.24. The van der Waals surface area contributed by atoms with E-state index in [2.05, 4.69) is 5.32 Å². The number of hydrogen-bond acceptors (Lipinski definition) is 4. The molecule has 106 valence electrons. The van der Waals surface area contributed by atoms with Gasteiger partial charge in [-0.1, -0.05) is 11.6 Å². The Morgan fingerprint density at radius 2 is 2.32 bits per heavy atom. The van der Waals surface area contributed by atoms with E-state index in [0.29, 0.717) is 23.1 Å². The van der Waals surface area contributed by atoms with Crippen LogP contribution >= 0.6 is 11.6 Å². The summed E-state index contributed by atoms with van der Waals surface area (Å²) in [5.74, 6) is 1.28. The zero-order chi connectivity index (χ0) is 13.7. The van der Waals surface area contributed by atoms with Crippen LogP contribution in [0.1, 0.15) is 18.4 Å². The van der Waals surface area contributed by atoms with Gasteiger partial charge in [-0.2, -0.15) is 0 Å². The zero-order valence-electron chi connectivity index (χ0n) is 11.4. The largest absolute Gasteiger partial charge is 0.493 e. The van der Waals surface area contributed by atoms with E-state index < -0.39 is 0 Å². The van der Waals surface area contributed by atoms with Crippen molar-refractivity contribution < 1.29 is 14.2 Å². The summed E-state index contributed by atoms with van der Waals surface area (Å²) in [7, 11) is 3.52. The van der Waals surface area contributed by atoms with Crippen LogP contribution in [-0.4, -0.2) is 33.5 Å². The van der Waals surface area contributed by atoms with Crippen LogP contribution in [-0.2, 0) is 11.3 Å². The van der Waals surface area contributed by atoms with Gasteiger partial charge in [0.05, 0.1) is 18.7 Å². The molecule has 4 nitrogen and oxygen atoms in total. The molecule has 1 aliphatic heterocycles. The molecule has 0 aliphatic carbocycles. The van der Waals surface area contributed by atoms with Crippen molar-refractivity contribution in [3.8, 4) is 11.5 Å². The molecule has 1 aliphatic rings. The van der Waals surface area contributed by atoms with E-state index in [9.17, 15) is 0 Å². The minimum Gasteiger partial charge on any atom is -0.493 e. The Kier molecular flexibility index (Phi) is 5.31. The van der Waals surface area contributed by atoms with E-state index >= 15 is 0 Å².